The minimum absolute atomic E-state index is 0.00396. The van der Waals surface area contributed by atoms with Crippen LogP contribution in [0.4, 0.5) is 0 Å². The molecule has 3 rings (SSSR count). The summed E-state index contributed by atoms with van der Waals surface area (Å²) in [6, 6.07) is -1.22. The van der Waals surface area contributed by atoms with Crippen LogP contribution in [0, 0.1) is 23.2 Å². The Labute approximate surface area is 240 Å². The van der Waals surface area contributed by atoms with Crippen LogP contribution in [0.15, 0.2) is 25.3 Å². The molecule has 2 bridgehead atoms. The fourth-order valence-corrected chi connectivity index (χ4v) is 9.90. The molecule has 220 valence electrons. The van der Waals surface area contributed by atoms with Crippen LogP contribution in [-0.2, 0) is 14.4 Å². The van der Waals surface area contributed by atoms with E-state index in [1.165, 1.54) is 0 Å². The fourth-order valence-electron chi connectivity index (χ4n) is 7.71. The maximum atomic E-state index is 14.8. The number of amides is 3. The molecule has 1 N–H and O–H groups in total. The summed E-state index contributed by atoms with van der Waals surface area (Å²) in [5, 5.41) is 10.5. The van der Waals surface area contributed by atoms with Crippen molar-refractivity contribution in [3.63, 3.8) is 0 Å². The van der Waals surface area contributed by atoms with E-state index in [1.807, 2.05) is 4.90 Å². The zero-order valence-electron chi connectivity index (χ0n) is 25.4. The third-order valence-electron chi connectivity index (χ3n) is 8.66. The van der Waals surface area contributed by atoms with Gasteiger partial charge in [-0.15, -0.1) is 24.9 Å². The minimum Gasteiger partial charge on any atom is -0.394 e. The van der Waals surface area contributed by atoms with Crippen molar-refractivity contribution in [2.75, 3.05) is 26.7 Å². The summed E-state index contributed by atoms with van der Waals surface area (Å²) in [7, 11) is 1.75. The van der Waals surface area contributed by atoms with Gasteiger partial charge in [-0.2, -0.15) is 0 Å². The zero-order chi connectivity index (χ0) is 29.5. The molecule has 3 aliphatic heterocycles. The van der Waals surface area contributed by atoms with Crippen molar-refractivity contribution < 1.29 is 19.5 Å². The molecule has 8 heteroatoms. The van der Waals surface area contributed by atoms with Crippen LogP contribution in [0.5, 0.6) is 0 Å². The maximum Gasteiger partial charge on any atom is 0.247 e. The lowest BCUT2D eigenvalue weighted by molar-refractivity contribution is -0.149. The van der Waals surface area contributed by atoms with Crippen molar-refractivity contribution in [2.45, 2.75) is 102 Å². The average Bonchev–Trinajstić information content (AvgIpc) is 3.46. The van der Waals surface area contributed by atoms with Gasteiger partial charge >= 0.3 is 0 Å². The van der Waals surface area contributed by atoms with Crippen molar-refractivity contribution in [3.8, 4) is 0 Å². The number of likely N-dealkylation sites (tertiary alicyclic amines) is 1. The summed E-state index contributed by atoms with van der Waals surface area (Å²) in [4.78, 5) is 48.2. The Kier molecular flexibility index (Phi) is 9.43. The fraction of sp³-hybridized carbons (Fsp3) is 0.774. The lowest BCUT2D eigenvalue weighted by atomic mass is 9.70. The monoisotopic (exact) mass is 561 g/mol. The molecule has 39 heavy (non-hydrogen) atoms. The van der Waals surface area contributed by atoms with Crippen molar-refractivity contribution in [1.29, 1.82) is 0 Å². The molecule has 3 amide bonds. The summed E-state index contributed by atoms with van der Waals surface area (Å²) < 4.78 is -0.685. The number of aliphatic hydroxyl groups is 1. The van der Waals surface area contributed by atoms with Gasteiger partial charge in [-0.1, -0.05) is 46.8 Å². The van der Waals surface area contributed by atoms with Crippen LogP contribution in [0.3, 0.4) is 0 Å². The summed E-state index contributed by atoms with van der Waals surface area (Å²) >= 11 is 1.68. The van der Waals surface area contributed by atoms with Gasteiger partial charge in [0.05, 0.1) is 29.2 Å². The molecule has 7 nitrogen and oxygen atoms in total. The second-order valence-corrected chi connectivity index (χ2v) is 15.7. The molecule has 3 fully saturated rings. The van der Waals surface area contributed by atoms with Crippen molar-refractivity contribution >= 4 is 29.5 Å². The van der Waals surface area contributed by atoms with Crippen LogP contribution in [0.2, 0.25) is 0 Å². The Hall–Kier alpha value is -1.80. The summed E-state index contributed by atoms with van der Waals surface area (Å²) in [5.74, 6) is -1.13. The Morgan fingerprint density at radius 3 is 2.28 bits per heavy atom. The van der Waals surface area contributed by atoms with E-state index in [1.54, 1.807) is 40.8 Å². The van der Waals surface area contributed by atoms with Gasteiger partial charge in [-0.3, -0.25) is 14.4 Å². The predicted molar refractivity (Wildman–Crippen MR) is 159 cm³/mol. The molecule has 3 heterocycles. The third kappa shape index (κ3) is 5.83. The quantitative estimate of drug-likeness (QED) is 0.358. The number of carbonyl (C=O) groups excluding carboxylic acids is 3. The number of hydrogen-bond acceptors (Lipinski definition) is 5. The van der Waals surface area contributed by atoms with E-state index < -0.39 is 34.2 Å². The van der Waals surface area contributed by atoms with E-state index in [2.05, 4.69) is 61.6 Å². The van der Waals surface area contributed by atoms with E-state index in [0.29, 0.717) is 25.9 Å². The molecule has 6 atom stereocenters. The Bertz CT molecular complexity index is 973. The lowest BCUT2D eigenvalue weighted by Gasteiger charge is -2.46. The molecule has 0 aromatic carbocycles. The van der Waals surface area contributed by atoms with Crippen LogP contribution in [0.1, 0.15) is 74.1 Å². The molecular weight excluding hydrogens is 510 g/mol. The molecule has 3 saturated heterocycles. The van der Waals surface area contributed by atoms with Crippen LogP contribution in [0.25, 0.3) is 0 Å². The number of fused-ring (bicyclic) bond motifs is 1. The van der Waals surface area contributed by atoms with Gasteiger partial charge < -0.3 is 19.8 Å². The third-order valence-corrected chi connectivity index (χ3v) is 10.6. The minimum atomic E-state index is -0.734. The first kappa shape index (κ1) is 31.7. The molecule has 3 aliphatic rings. The van der Waals surface area contributed by atoms with E-state index in [9.17, 15) is 19.5 Å². The van der Waals surface area contributed by atoms with Gasteiger partial charge in [0.15, 0.2) is 0 Å². The van der Waals surface area contributed by atoms with Crippen molar-refractivity contribution in [2.24, 2.45) is 23.2 Å². The maximum absolute atomic E-state index is 14.8. The number of hydrogen-bond donors (Lipinski definition) is 1. The Balaban J connectivity index is 2.15. The number of carbonyl (C=O) groups is 3. The number of likely N-dealkylation sites (N-methyl/N-ethyl adjacent to an activating group) is 1. The van der Waals surface area contributed by atoms with E-state index in [-0.39, 0.29) is 40.9 Å². The first-order valence-electron chi connectivity index (χ1n) is 14.5. The van der Waals surface area contributed by atoms with Gasteiger partial charge in [0.25, 0.3) is 0 Å². The van der Waals surface area contributed by atoms with E-state index in [0.717, 1.165) is 12.8 Å². The molecule has 0 saturated carbocycles. The second kappa shape index (κ2) is 11.6. The van der Waals surface area contributed by atoms with Gasteiger partial charge in [-0.05, 0) is 50.9 Å². The molecule has 0 aliphatic carbocycles. The average molecular weight is 562 g/mol. The second-order valence-electron chi connectivity index (χ2n) is 14.1. The molecule has 1 spiro atoms. The topological polar surface area (TPSA) is 81.2 Å². The highest BCUT2D eigenvalue weighted by atomic mass is 32.2. The Morgan fingerprint density at radius 2 is 1.77 bits per heavy atom. The highest BCUT2D eigenvalue weighted by Gasteiger charge is 2.74. The zero-order valence-corrected chi connectivity index (χ0v) is 26.2. The summed E-state index contributed by atoms with van der Waals surface area (Å²) in [6.45, 7) is 23.1. The summed E-state index contributed by atoms with van der Waals surface area (Å²) in [5.41, 5.74) is -0.505. The SMILES string of the molecule is C=CCN(C)C(=O)[C@@H]1[C@@H]2CCC3(S2)C(C(=O)N(CC=C)C(C)(C)CC(C)(C)C)N([C@@H](CO)CC(C)C)C(=O)[C@H]13. The first-order chi connectivity index (χ1) is 18.1. The van der Waals surface area contributed by atoms with Gasteiger partial charge in [-0.25, -0.2) is 0 Å². The largest absolute Gasteiger partial charge is 0.394 e. The van der Waals surface area contributed by atoms with E-state index >= 15 is 0 Å². The molecular formula is C31H51N3O4S. The summed E-state index contributed by atoms with van der Waals surface area (Å²) in [6.07, 6.45) is 6.32. The van der Waals surface area contributed by atoms with Gasteiger partial charge in [0, 0.05) is 30.9 Å². The number of thioether (sulfide) groups is 1. The molecule has 2 unspecified atom stereocenters. The first-order valence-corrected chi connectivity index (χ1v) is 15.3. The van der Waals surface area contributed by atoms with Crippen molar-refractivity contribution in [3.05, 3.63) is 25.3 Å². The smallest absolute Gasteiger partial charge is 0.247 e. The lowest BCUT2D eigenvalue weighted by Crippen LogP contribution is -2.61. The molecule has 0 aromatic rings. The number of nitrogens with zero attached hydrogens (tertiary/aromatic N) is 3. The highest BCUT2D eigenvalue weighted by molar-refractivity contribution is 8.02. The van der Waals surface area contributed by atoms with Crippen LogP contribution >= 0.6 is 11.8 Å². The number of aliphatic hydroxyl groups excluding tert-OH is 1. The Morgan fingerprint density at radius 1 is 1.15 bits per heavy atom. The van der Waals surface area contributed by atoms with Crippen molar-refractivity contribution in [1.82, 2.24) is 14.7 Å². The van der Waals surface area contributed by atoms with Crippen LogP contribution < -0.4 is 0 Å². The normalized spacial score (nSPS) is 29.0. The molecule has 0 aromatic heterocycles. The standard InChI is InChI=1S/C31H51N3O4S/c1-11-15-32(10)26(36)23-22-13-14-31(39-22)24(23)27(37)34(21(18-35)17-20(3)4)25(31)28(38)33(16-12-2)30(8,9)19-29(5,6)7/h11-12,20-25,35H,1-2,13-19H2,3-10H3/t21-,22+,23-,24+,25?,31?/m1/s1. The predicted octanol–water partition coefficient (Wildman–Crippen LogP) is 4.36. The van der Waals surface area contributed by atoms with E-state index in [4.69, 9.17) is 0 Å². The van der Waals surface area contributed by atoms with Crippen LogP contribution in [-0.4, -0.2) is 91.9 Å². The number of rotatable bonds is 12. The van der Waals surface area contributed by atoms with Gasteiger partial charge in [0.2, 0.25) is 17.7 Å². The molecule has 0 radical (unpaired) electrons. The van der Waals surface area contributed by atoms with Gasteiger partial charge in [0.1, 0.15) is 6.04 Å². The highest BCUT2D eigenvalue weighted by Crippen LogP contribution is 2.67.